The average molecular weight is 264 g/mol. The monoisotopic (exact) mass is 264 g/mol. The lowest BCUT2D eigenvalue weighted by Crippen LogP contribution is -2.31. The predicted molar refractivity (Wildman–Crippen MR) is 51.1 cm³/mol. The molecule has 1 atom stereocenters. The van der Waals surface area contributed by atoms with Crippen LogP contribution in [0.2, 0.25) is 0 Å². The Morgan fingerprint density at radius 1 is 1.69 bits per heavy atom. The fourth-order valence-electron chi connectivity index (χ4n) is 0.972. The van der Waals surface area contributed by atoms with Gasteiger partial charge in [0.15, 0.2) is 0 Å². The smallest absolute Gasteiger partial charge is 0.139 e. The molecular formula is C7H7NO6PS-3. The summed E-state index contributed by atoms with van der Waals surface area (Å²) in [5, 5.41) is 9.45. The van der Waals surface area contributed by atoms with Gasteiger partial charge in [-0.05, 0) is 13.0 Å². The van der Waals surface area contributed by atoms with Gasteiger partial charge in [-0.2, -0.15) is 0 Å². The quantitative estimate of drug-likeness (QED) is 0.537. The molecule has 0 saturated carbocycles. The maximum Gasteiger partial charge on any atom is 0.139 e. The molecule has 1 rings (SSSR count). The average Bonchev–Trinajstić information content (AvgIpc) is 2.46. The van der Waals surface area contributed by atoms with Gasteiger partial charge in [-0.15, -0.1) is 0 Å². The third-order valence-corrected chi connectivity index (χ3v) is 3.31. The summed E-state index contributed by atoms with van der Waals surface area (Å²) in [5.41, 5.74) is 0.439. The van der Waals surface area contributed by atoms with E-state index in [4.69, 9.17) is 0 Å². The van der Waals surface area contributed by atoms with Crippen molar-refractivity contribution in [2.24, 2.45) is 4.99 Å². The molecule has 9 heteroatoms. The first-order chi connectivity index (χ1) is 7.29. The van der Waals surface area contributed by atoms with E-state index >= 15 is 0 Å². The maximum atomic E-state index is 10.5. The van der Waals surface area contributed by atoms with E-state index in [0.29, 0.717) is 10.6 Å². The molecule has 1 aliphatic heterocycles. The molecule has 0 bridgehead atoms. The van der Waals surface area contributed by atoms with Crippen molar-refractivity contribution in [3.8, 4) is 0 Å². The van der Waals surface area contributed by atoms with E-state index in [1.54, 1.807) is 6.92 Å². The normalized spacial score (nSPS) is 23.6. The van der Waals surface area contributed by atoms with Gasteiger partial charge in [-0.25, -0.2) is 0 Å². The van der Waals surface area contributed by atoms with Crippen molar-refractivity contribution in [3.05, 3.63) is 11.0 Å². The van der Waals surface area contributed by atoms with Crippen molar-refractivity contribution < 1.29 is 28.8 Å². The lowest BCUT2D eigenvalue weighted by Gasteiger charge is -2.27. The molecule has 0 amide bonds. The van der Waals surface area contributed by atoms with Crippen LogP contribution in [-0.4, -0.2) is 23.7 Å². The molecule has 7 nitrogen and oxygen atoms in total. The second kappa shape index (κ2) is 5.11. The highest BCUT2D eigenvalue weighted by Gasteiger charge is 2.20. The number of thioether (sulfide) groups is 1. The van der Waals surface area contributed by atoms with E-state index in [9.17, 15) is 24.3 Å². The molecule has 0 aromatic heterocycles. The number of aliphatic carboxylic acids is 1. The number of carbonyl (C=O) groups is 1. The molecule has 0 aromatic carbocycles. The zero-order valence-electron chi connectivity index (χ0n) is 8.11. The van der Waals surface area contributed by atoms with Crippen LogP contribution in [0.4, 0.5) is 0 Å². The summed E-state index contributed by atoms with van der Waals surface area (Å²) < 4.78 is 14.1. The van der Waals surface area contributed by atoms with E-state index in [1.165, 1.54) is 6.08 Å². The molecule has 0 fully saturated rings. The number of hydrogen-bond donors (Lipinski definition) is 0. The van der Waals surface area contributed by atoms with Crippen molar-refractivity contribution in [2.45, 2.75) is 12.3 Å². The highest BCUT2D eigenvalue weighted by atomic mass is 32.2. The molecule has 0 N–H and O–H groups in total. The van der Waals surface area contributed by atoms with Gasteiger partial charge < -0.3 is 28.8 Å². The molecule has 1 aliphatic rings. The highest BCUT2D eigenvalue weighted by Crippen LogP contribution is 2.32. The van der Waals surface area contributed by atoms with Crippen molar-refractivity contribution in [1.29, 1.82) is 0 Å². The summed E-state index contributed by atoms with van der Waals surface area (Å²) in [6.07, 6.45) is 1.29. The minimum Gasteiger partial charge on any atom is -0.790 e. The van der Waals surface area contributed by atoms with Gasteiger partial charge in [0.2, 0.25) is 0 Å². The lowest BCUT2D eigenvalue weighted by molar-refractivity contribution is -0.341. The molecule has 16 heavy (non-hydrogen) atoms. The number of rotatable bonds is 4. The molecule has 0 unspecified atom stereocenters. The van der Waals surface area contributed by atoms with Gasteiger partial charge in [-0.3, -0.25) is 4.99 Å². The van der Waals surface area contributed by atoms with E-state index in [1.807, 2.05) is 0 Å². The van der Waals surface area contributed by atoms with E-state index in [-0.39, 0.29) is 0 Å². The number of nitrogens with zero attached hydrogens (tertiary/aromatic N) is 1. The largest absolute Gasteiger partial charge is 0.790 e. The van der Waals surface area contributed by atoms with Gasteiger partial charge in [-0.1, -0.05) is 11.8 Å². The van der Waals surface area contributed by atoms with Gasteiger partial charge in [0, 0.05) is 10.6 Å². The Labute approximate surface area is 95.5 Å². The second-order valence-corrected chi connectivity index (χ2v) is 5.09. The summed E-state index contributed by atoms with van der Waals surface area (Å²) in [4.78, 5) is 35.0. The van der Waals surface area contributed by atoms with E-state index < -0.39 is 25.8 Å². The Balaban J connectivity index is 2.58. The third-order valence-electron chi connectivity index (χ3n) is 1.61. The summed E-state index contributed by atoms with van der Waals surface area (Å²) in [5.74, 6) is -1.33. The standard InChI is InChI=1S/C7H10NO6PS/c1-4-5(2-3-14-15(11,12)13)16-6(8-4)7(9)10/h2,6H,3H2,1H3,(H,9,10)(H2,11,12,13)/p-3/b5-2-/t6-/m1/s1. The summed E-state index contributed by atoms with van der Waals surface area (Å²) >= 11 is 0.899. The number of carbonyl (C=O) groups excluding carboxylic acids is 1. The number of carboxylic acid groups (broad SMARTS) is 1. The maximum absolute atomic E-state index is 10.5. The zero-order valence-corrected chi connectivity index (χ0v) is 9.82. The molecular weight excluding hydrogens is 257 g/mol. The topological polar surface area (TPSA) is 125 Å². The van der Waals surface area contributed by atoms with Crippen LogP contribution in [-0.2, 0) is 13.9 Å². The van der Waals surface area contributed by atoms with Crippen LogP contribution in [0.3, 0.4) is 0 Å². The van der Waals surface area contributed by atoms with Crippen LogP contribution in [0.25, 0.3) is 0 Å². The number of carboxylic acids is 1. The first-order valence-corrected chi connectivity index (χ1v) is 6.42. The Hall–Kier alpha value is -0.660. The van der Waals surface area contributed by atoms with Crippen LogP contribution in [0.1, 0.15) is 6.92 Å². The molecule has 0 aromatic rings. The number of phosphoric acid groups is 1. The SMILES string of the molecule is CC1=N[C@@H](C(=O)[O-])S/C1=C\COP(=O)([O-])[O-]. The van der Waals surface area contributed by atoms with Crippen LogP contribution in [0, 0.1) is 0 Å². The molecule has 0 aliphatic carbocycles. The molecule has 0 spiro atoms. The molecule has 90 valence electrons. The fraction of sp³-hybridized carbons (Fsp3) is 0.429. The van der Waals surface area contributed by atoms with Crippen molar-refractivity contribution >= 4 is 31.3 Å². The first-order valence-electron chi connectivity index (χ1n) is 4.08. The first kappa shape index (κ1) is 13.4. The number of hydrogen-bond acceptors (Lipinski definition) is 8. The second-order valence-electron chi connectivity index (χ2n) is 2.82. The van der Waals surface area contributed by atoms with Crippen LogP contribution >= 0.6 is 19.6 Å². The van der Waals surface area contributed by atoms with Gasteiger partial charge in [0.25, 0.3) is 0 Å². The van der Waals surface area contributed by atoms with Crippen molar-refractivity contribution in [1.82, 2.24) is 0 Å². The Morgan fingerprint density at radius 3 is 2.75 bits per heavy atom. The van der Waals surface area contributed by atoms with E-state index in [2.05, 4.69) is 9.52 Å². The molecule has 1 heterocycles. The Bertz CT molecular complexity index is 400. The number of allylic oxidation sites excluding steroid dienone is 1. The summed E-state index contributed by atoms with van der Waals surface area (Å²) in [6, 6.07) is 0. The van der Waals surface area contributed by atoms with Crippen molar-refractivity contribution in [3.63, 3.8) is 0 Å². The molecule has 0 radical (unpaired) electrons. The fourth-order valence-corrected chi connectivity index (χ4v) is 2.16. The van der Waals surface area contributed by atoms with Crippen LogP contribution < -0.4 is 14.9 Å². The third kappa shape index (κ3) is 4.07. The lowest BCUT2D eigenvalue weighted by atomic mass is 10.3. The zero-order chi connectivity index (χ0) is 12.3. The Kier molecular flexibility index (Phi) is 4.28. The summed E-state index contributed by atoms with van der Waals surface area (Å²) in [7, 11) is -5.00. The summed E-state index contributed by atoms with van der Waals surface area (Å²) in [6.45, 7) is 1.13. The minimum atomic E-state index is -5.00. The molecule has 0 saturated heterocycles. The number of aliphatic imine (C=N–C) groups is 1. The van der Waals surface area contributed by atoms with Crippen LogP contribution in [0.5, 0.6) is 0 Å². The van der Waals surface area contributed by atoms with Crippen molar-refractivity contribution in [2.75, 3.05) is 6.61 Å². The Morgan fingerprint density at radius 2 is 2.31 bits per heavy atom. The van der Waals surface area contributed by atoms with Gasteiger partial charge in [0.1, 0.15) is 5.37 Å². The van der Waals surface area contributed by atoms with E-state index in [0.717, 1.165) is 11.8 Å². The highest BCUT2D eigenvalue weighted by molar-refractivity contribution is 8.05. The number of phosphoric ester groups is 1. The minimum absolute atomic E-state index is 0.431. The predicted octanol–water partition coefficient (Wildman–Crippen LogP) is -2.00. The van der Waals surface area contributed by atoms with Gasteiger partial charge >= 0.3 is 0 Å². The van der Waals surface area contributed by atoms with Gasteiger partial charge in [0.05, 0.1) is 20.4 Å². The van der Waals surface area contributed by atoms with Crippen LogP contribution in [0.15, 0.2) is 16.0 Å².